The molecule has 1 aromatic heterocycles. The fourth-order valence-corrected chi connectivity index (χ4v) is 3.22. The monoisotopic (exact) mass is 295 g/mol. The zero-order valence-electron chi connectivity index (χ0n) is 13.2. The molecular formula is C17H21N5. The van der Waals surface area contributed by atoms with E-state index in [-0.39, 0.29) is 0 Å². The molecule has 0 radical (unpaired) electrons. The maximum Gasteiger partial charge on any atom is 0.133 e. The van der Waals surface area contributed by atoms with Crippen LogP contribution in [0.2, 0.25) is 0 Å². The number of fused-ring (bicyclic) bond motifs is 1. The van der Waals surface area contributed by atoms with Crippen LogP contribution in [0.4, 0.5) is 0 Å². The minimum absolute atomic E-state index is 0.534. The average molecular weight is 295 g/mol. The number of benzene rings is 1. The first-order chi connectivity index (χ1) is 10.7. The molecule has 1 unspecified atom stereocenters. The predicted octanol–water partition coefficient (Wildman–Crippen LogP) is 2.30. The van der Waals surface area contributed by atoms with E-state index < -0.39 is 0 Å². The van der Waals surface area contributed by atoms with Crippen molar-refractivity contribution in [2.24, 2.45) is 0 Å². The molecule has 5 heteroatoms. The van der Waals surface area contributed by atoms with E-state index in [9.17, 15) is 0 Å². The third-order valence-electron chi connectivity index (χ3n) is 4.51. The van der Waals surface area contributed by atoms with Gasteiger partial charge in [-0.05, 0) is 44.5 Å². The van der Waals surface area contributed by atoms with E-state index >= 15 is 0 Å². The van der Waals surface area contributed by atoms with E-state index in [1.165, 1.54) is 5.56 Å². The van der Waals surface area contributed by atoms with Crippen molar-refractivity contribution in [3.05, 3.63) is 47.0 Å². The largest absolute Gasteiger partial charge is 0.315 e. The van der Waals surface area contributed by atoms with Gasteiger partial charge in [-0.15, -0.1) is 10.2 Å². The van der Waals surface area contributed by atoms with E-state index in [2.05, 4.69) is 38.8 Å². The number of nitriles is 1. The highest BCUT2D eigenvalue weighted by molar-refractivity contribution is 5.32. The lowest BCUT2D eigenvalue weighted by atomic mass is 10.1. The Morgan fingerprint density at radius 2 is 2.23 bits per heavy atom. The molecule has 0 fully saturated rings. The molecule has 3 rings (SSSR count). The molecule has 2 aromatic rings. The highest BCUT2D eigenvalue weighted by atomic mass is 15.3. The maximum absolute atomic E-state index is 9.01. The molecule has 0 aliphatic carbocycles. The van der Waals surface area contributed by atoms with Crippen molar-refractivity contribution < 1.29 is 0 Å². The first-order valence-electron chi connectivity index (χ1n) is 7.75. The second-order valence-electron chi connectivity index (χ2n) is 6.02. The van der Waals surface area contributed by atoms with E-state index in [1.54, 1.807) is 0 Å². The van der Waals surface area contributed by atoms with Crippen molar-refractivity contribution in [3.63, 3.8) is 0 Å². The molecule has 1 aromatic carbocycles. The summed E-state index contributed by atoms with van der Waals surface area (Å²) in [6.07, 6.45) is 3.20. The van der Waals surface area contributed by atoms with Crippen LogP contribution in [0, 0.1) is 18.3 Å². The lowest BCUT2D eigenvalue weighted by Gasteiger charge is -2.27. The minimum atomic E-state index is 0.534. The van der Waals surface area contributed by atoms with Gasteiger partial charge in [-0.3, -0.25) is 4.90 Å². The van der Waals surface area contributed by atoms with E-state index in [4.69, 9.17) is 5.26 Å². The molecule has 1 atom stereocenters. The third-order valence-corrected chi connectivity index (χ3v) is 4.51. The van der Waals surface area contributed by atoms with Gasteiger partial charge in [0.1, 0.15) is 11.6 Å². The van der Waals surface area contributed by atoms with Gasteiger partial charge in [0.05, 0.1) is 11.6 Å². The van der Waals surface area contributed by atoms with Crippen LogP contribution < -0.4 is 0 Å². The summed E-state index contributed by atoms with van der Waals surface area (Å²) in [6.45, 7) is 3.88. The lowest BCUT2D eigenvalue weighted by molar-refractivity contribution is 0.210. The van der Waals surface area contributed by atoms with Crippen LogP contribution in [0.3, 0.4) is 0 Å². The van der Waals surface area contributed by atoms with Gasteiger partial charge in [0.2, 0.25) is 0 Å². The Morgan fingerprint density at radius 3 is 3.05 bits per heavy atom. The average Bonchev–Trinajstić information content (AvgIpc) is 2.75. The van der Waals surface area contributed by atoms with Gasteiger partial charge < -0.3 is 4.57 Å². The summed E-state index contributed by atoms with van der Waals surface area (Å²) >= 11 is 0. The SMILES string of the molecule is Cc1nnc2n1CCC(N(C)Cc1cccc(C#N)c1)CC2. The number of aromatic nitrogens is 3. The van der Waals surface area contributed by atoms with Crippen LogP contribution in [-0.4, -0.2) is 32.8 Å². The van der Waals surface area contributed by atoms with E-state index in [1.807, 2.05) is 25.1 Å². The van der Waals surface area contributed by atoms with Gasteiger partial charge in [0.15, 0.2) is 0 Å². The molecule has 2 heterocycles. The van der Waals surface area contributed by atoms with Crippen LogP contribution in [0.25, 0.3) is 0 Å². The summed E-state index contributed by atoms with van der Waals surface area (Å²) in [6, 6.07) is 10.6. The van der Waals surface area contributed by atoms with Gasteiger partial charge in [-0.2, -0.15) is 5.26 Å². The molecule has 0 saturated heterocycles. The van der Waals surface area contributed by atoms with Gasteiger partial charge in [-0.25, -0.2) is 0 Å². The zero-order chi connectivity index (χ0) is 15.5. The highest BCUT2D eigenvalue weighted by Crippen LogP contribution is 2.20. The molecule has 0 amide bonds. The highest BCUT2D eigenvalue weighted by Gasteiger charge is 2.21. The Kier molecular flexibility index (Phi) is 4.21. The summed E-state index contributed by atoms with van der Waals surface area (Å²) in [5.41, 5.74) is 1.93. The lowest BCUT2D eigenvalue weighted by Crippen LogP contribution is -2.31. The van der Waals surface area contributed by atoms with Gasteiger partial charge in [0, 0.05) is 25.6 Å². The predicted molar refractivity (Wildman–Crippen MR) is 84.1 cm³/mol. The quantitative estimate of drug-likeness (QED) is 0.872. The standard InChI is InChI=1S/C17H21N5/c1-13-19-20-17-7-6-16(8-9-22(13)17)21(2)12-15-5-3-4-14(10-15)11-18/h3-5,10,16H,6-9,12H2,1-2H3. The number of aryl methyl sites for hydroxylation is 2. The van der Waals surface area contributed by atoms with Gasteiger partial charge >= 0.3 is 0 Å². The second kappa shape index (κ2) is 6.29. The molecule has 5 nitrogen and oxygen atoms in total. The summed E-state index contributed by atoms with van der Waals surface area (Å²) < 4.78 is 2.24. The number of hydrogen-bond donors (Lipinski definition) is 0. The molecule has 0 spiro atoms. The molecule has 22 heavy (non-hydrogen) atoms. The summed E-state index contributed by atoms with van der Waals surface area (Å²) in [5, 5.41) is 17.4. The smallest absolute Gasteiger partial charge is 0.133 e. The third kappa shape index (κ3) is 3.02. The Morgan fingerprint density at radius 1 is 1.36 bits per heavy atom. The van der Waals surface area contributed by atoms with Crippen molar-refractivity contribution in [2.45, 2.75) is 45.3 Å². The number of nitrogens with zero attached hydrogens (tertiary/aromatic N) is 5. The van der Waals surface area contributed by atoms with Gasteiger partial charge in [-0.1, -0.05) is 12.1 Å². The Hall–Kier alpha value is -2.19. The first kappa shape index (κ1) is 14.7. The summed E-state index contributed by atoms with van der Waals surface area (Å²) in [5.74, 6) is 2.12. The molecule has 114 valence electrons. The first-order valence-corrected chi connectivity index (χ1v) is 7.75. The fraction of sp³-hybridized carbons (Fsp3) is 0.471. The maximum atomic E-state index is 9.01. The normalized spacial score (nSPS) is 17.8. The van der Waals surface area contributed by atoms with E-state index in [0.29, 0.717) is 6.04 Å². The van der Waals surface area contributed by atoms with E-state index in [0.717, 1.165) is 49.6 Å². The van der Waals surface area contributed by atoms with Crippen molar-refractivity contribution in [1.82, 2.24) is 19.7 Å². The Bertz CT molecular complexity index is 697. The Labute approximate surface area is 131 Å². The van der Waals surface area contributed by atoms with Crippen molar-refractivity contribution >= 4 is 0 Å². The van der Waals surface area contributed by atoms with Crippen LogP contribution in [0.15, 0.2) is 24.3 Å². The topological polar surface area (TPSA) is 57.7 Å². The van der Waals surface area contributed by atoms with Gasteiger partial charge in [0.25, 0.3) is 0 Å². The van der Waals surface area contributed by atoms with Crippen molar-refractivity contribution in [1.29, 1.82) is 5.26 Å². The molecule has 0 bridgehead atoms. The molecule has 1 aliphatic rings. The number of rotatable bonds is 3. The van der Waals surface area contributed by atoms with Crippen molar-refractivity contribution in [3.8, 4) is 6.07 Å². The molecule has 0 saturated carbocycles. The molecule has 1 aliphatic heterocycles. The number of hydrogen-bond acceptors (Lipinski definition) is 4. The molecular weight excluding hydrogens is 274 g/mol. The van der Waals surface area contributed by atoms with Crippen LogP contribution >= 0.6 is 0 Å². The van der Waals surface area contributed by atoms with Crippen LogP contribution in [0.1, 0.15) is 35.6 Å². The summed E-state index contributed by atoms with van der Waals surface area (Å²) in [7, 11) is 2.17. The zero-order valence-corrected chi connectivity index (χ0v) is 13.2. The van der Waals surface area contributed by atoms with Crippen LogP contribution in [0.5, 0.6) is 0 Å². The summed E-state index contributed by atoms with van der Waals surface area (Å²) in [4.78, 5) is 2.39. The van der Waals surface area contributed by atoms with Crippen LogP contribution in [-0.2, 0) is 19.5 Å². The minimum Gasteiger partial charge on any atom is -0.315 e. The molecule has 0 N–H and O–H groups in total. The van der Waals surface area contributed by atoms with Crippen molar-refractivity contribution in [2.75, 3.05) is 7.05 Å². The fourth-order valence-electron chi connectivity index (χ4n) is 3.22. The second-order valence-corrected chi connectivity index (χ2v) is 6.02. The Balaban J connectivity index is 1.66.